The Bertz CT molecular complexity index is 1040. The first kappa shape index (κ1) is 19.2. The third-order valence-corrected chi connectivity index (χ3v) is 5.66. The third-order valence-electron chi connectivity index (χ3n) is 5.66. The highest BCUT2D eigenvalue weighted by molar-refractivity contribution is 5.91. The molecule has 0 bridgehead atoms. The lowest BCUT2D eigenvalue weighted by Crippen LogP contribution is -2.42. The Morgan fingerprint density at radius 3 is 2.66 bits per heavy atom. The quantitative estimate of drug-likeness (QED) is 0.680. The molecule has 0 saturated carbocycles. The van der Waals surface area contributed by atoms with Gasteiger partial charge in [-0.2, -0.15) is 0 Å². The summed E-state index contributed by atoms with van der Waals surface area (Å²) in [4.78, 5) is 29.1. The maximum atomic E-state index is 13.4. The fraction of sp³-hybridized carbons (Fsp3) is 0.304. The Balaban J connectivity index is 1.57. The van der Waals surface area contributed by atoms with Gasteiger partial charge in [0.25, 0.3) is 0 Å². The van der Waals surface area contributed by atoms with Gasteiger partial charge >= 0.3 is 5.97 Å². The minimum absolute atomic E-state index is 0.0220. The van der Waals surface area contributed by atoms with Crippen molar-refractivity contribution >= 4 is 22.8 Å². The number of nitrogens with zero attached hydrogens (tertiary/aromatic N) is 1. The molecule has 5 nitrogen and oxygen atoms in total. The molecule has 1 aromatic heterocycles. The third kappa shape index (κ3) is 4.01. The molecule has 3 aromatic rings. The van der Waals surface area contributed by atoms with Crippen LogP contribution in [0.5, 0.6) is 0 Å². The second-order valence-corrected chi connectivity index (χ2v) is 7.55. The molecule has 1 amide bonds. The predicted octanol–water partition coefficient (Wildman–Crippen LogP) is 4.23. The molecule has 1 atom stereocenters. The van der Waals surface area contributed by atoms with Crippen LogP contribution in [0, 0.1) is 11.7 Å². The first-order valence-corrected chi connectivity index (χ1v) is 9.89. The molecule has 29 heavy (non-hydrogen) atoms. The van der Waals surface area contributed by atoms with Crippen LogP contribution in [0.25, 0.3) is 22.2 Å². The number of carboxylic acids is 1. The highest BCUT2D eigenvalue weighted by Crippen LogP contribution is 2.31. The van der Waals surface area contributed by atoms with Crippen molar-refractivity contribution in [3.63, 3.8) is 0 Å². The van der Waals surface area contributed by atoms with Crippen molar-refractivity contribution in [1.82, 2.24) is 9.88 Å². The van der Waals surface area contributed by atoms with E-state index in [9.17, 15) is 19.1 Å². The maximum absolute atomic E-state index is 13.4. The molecule has 1 saturated heterocycles. The number of aromatic nitrogens is 1. The summed E-state index contributed by atoms with van der Waals surface area (Å²) in [6.07, 6.45) is 2.18. The van der Waals surface area contributed by atoms with E-state index in [0.717, 1.165) is 34.1 Å². The van der Waals surface area contributed by atoms with Gasteiger partial charge in [0, 0.05) is 36.1 Å². The molecule has 150 valence electrons. The topological polar surface area (TPSA) is 73.4 Å². The average Bonchev–Trinajstić information content (AvgIpc) is 3.11. The number of carboxylic acid groups (broad SMARTS) is 1. The summed E-state index contributed by atoms with van der Waals surface area (Å²) in [6.45, 7) is 0.897. The highest BCUT2D eigenvalue weighted by Gasteiger charge is 2.28. The van der Waals surface area contributed by atoms with Crippen LogP contribution in [0.3, 0.4) is 0 Å². The molecule has 1 fully saturated rings. The molecule has 1 aliphatic heterocycles. The molecule has 2 N–H and O–H groups in total. The molecular weight excluding hydrogens is 371 g/mol. The number of aliphatic carboxylic acids is 1. The normalized spacial score (nSPS) is 16.9. The summed E-state index contributed by atoms with van der Waals surface area (Å²) in [6, 6.07) is 14.2. The number of nitrogens with one attached hydrogen (secondary N) is 1. The number of aryl methyl sites for hydroxylation is 1. The van der Waals surface area contributed by atoms with Crippen molar-refractivity contribution in [2.24, 2.45) is 5.92 Å². The van der Waals surface area contributed by atoms with Crippen LogP contribution in [0.15, 0.2) is 48.5 Å². The number of para-hydroxylation sites is 1. The maximum Gasteiger partial charge on any atom is 0.308 e. The number of benzene rings is 2. The standard InChI is InChI=1S/C23H23FN2O3/c24-17-9-7-15(8-10-17)22-19(18-5-1-2-6-20(18)25-22)11-12-21(27)26-13-3-4-16(14-26)23(28)29/h1-2,5-10,16,25H,3-4,11-14H2,(H,28,29). The van der Waals surface area contributed by atoms with Gasteiger partial charge in [-0.05, 0) is 60.7 Å². The summed E-state index contributed by atoms with van der Waals surface area (Å²) in [7, 11) is 0. The van der Waals surface area contributed by atoms with E-state index < -0.39 is 11.9 Å². The molecule has 4 rings (SSSR count). The molecule has 6 heteroatoms. The largest absolute Gasteiger partial charge is 0.481 e. The van der Waals surface area contributed by atoms with Gasteiger partial charge < -0.3 is 15.0 Å². The van der Waals surface area contributed by atoms with Crippen LogP contribution in [-0.2, 0) is 16.0 Å². The average molecular weight is 394 g/mol. The fourth-order valence-electron chi connectivity index (χ4n) is 4.12. The summed E-state index contributed by atoms with van der Waals surface area (Å²) in [5.74, 6) is -1.63. The minimum Gasteiger partial charge on any atom is -0.481 e. The minimum atomic E-state index is -0.835. The number of carbonyl (C=O) groups excluding carboxylic acids is 1. The van der Waals surface area contributed by atoms with E-state index in [4.69, 9.17) is 0 Å². The lowest BCUT2D eigenvalue weighted by atomic mass is 9.97. The van der Waals surface area contributed by atoms with Gasteiger partial charge in [0.2, 0.25) is 5.91 Å². The van der Waals surface area contributed by atoms with Crippen LogP contribution < -0.4 is 0 Å². The number of rotatable bonds is 5. The van der Waals surface area contributed by atoms with Crippen LogP contribution in [0.1, 0.15) is 24.8 Å². The van der Waals surface area contributed by atoms with Crippen molar-refractivity contribution in [2.45, 2.75) is 25.7 Å². The monoisotopic (exact) mass is 394 g/mol. The Morgan fingerprint density at radius 2 is 1.90 bits per heavy atom. The summed E-state index contributed by atoms with van der Waals surface area (Å²) in [5.41, 5.74) is 3.75. The molecule has 1 aliphatic rings. The van der Waals surface area contributed by atoms with Gasteiger partial charge in [0.15, 0.2) is 0 Å². The van der Waals surface area contributed by atoms with E-state index in [1.165, 1.54) is 12.1 Å². The highest BCUT2D eigenvalue weighted by atomic mass is 19.1. The number of halogens is 1. The van der Waals surface area contributed by atoms with Gasteiger partial charge in [-0.15, -0.1) is 0 Å². The lowest BCUT2D eigenvalue weighted by molar-refractivity contribution is -0.145. The van der Waals surface area contributed by atoms with E-state index in [-0.39, 0.29) is 18.3 Å². The van der Waals surface area contributed by atoms with E-state index in [2.05, 4.69) is 4.98 Å². The van der Waals surface area contributed by atoms with Crippen LogP contribution in [0.4, 0.5) is 4.39 Å². The van der Waals surface area contributed by atoms with Crippen molar-refractivity contribution in [2.75, 3.05) is 13.1 Å². The smallest absolute Gasteiger partial charge is 0.308 e. The van der Waals surface area contributed by atoms with Gasteiger partial charge in [0.1, 0.15) is 5.82 Å². The van der Waals surface area contributed by atoms with E-state index in [1.807, 2.05) is 24.3 Å². The van der Waals surface area contributed by atoms with Crippen LogP contribution in [-0.4, -0.2) is 40.0 Å². The number of aromatic amines is 1. The Morgan fingerprint density at radius 1 is 1.14 bits per heavy atom. The Labute approximate surface area is 168 Å². The zero-order valence-electron chi connectivity index (χ0n) is 16.0. The first-order valence-electron chi connectivity index (χ1n) is 9.89. The Kier molecular flexibility index (Phi) is 5.34. The number of piperidine rings is 1. The second-order valence-electron chi connectivity index (χ2n) is 7.55. The molecule has 0 spiro atoms. The zero-order valence-corrected chi connectivity index (χ0v) is 16.0. The Hall–Kier alpha value is -3.15. The molecule has 2 aromatic carbocycles. The van der Waals surface area contributed by atoms with Crippen molar-refractivity contribution in [3.05, 3.63) is 59.9 Å². The summed E-state index contributed by atoms with van der Waals surface area (Å²) in [5, 5.41) is 10.3. The number of carbonyl (C=O) groups is 2. The second kappa shape index (κ2) is 8.07. The van der Waals surface area contributed by atoms with Crippen molar-refractivity contribution in [3.8, 4) is 11.3 Å². The SMILES string of the molecule is O=C(O)C1CCCN(C(=O)CCc2c(-c3ccc(F)cc3)[nH]c3ccccc23)C1. The van der Waals surface area contributed by atoms with E-state index in [0.29, 0.717) is 25.8 Å². The fourth-order valence-corrected chi connectivity index (χ4v) is 4.12. The van der Waals surface area contributed by atoms with Gasteiger partial charge in [-0.3, -0.25) is 9.59 Å². The van der Waals surface area contributed by atoms with Gasteiger partial charge in [-0.25, -0.2) is 4.39 Å². The predicted molar refractivity (Wildman–Crippen MR) is 109 cm³/mol. The number of H-pyrrole nitrogens is 1. The van der Waals surface area contributed by atoms with Crippen LogP contribution >= 0.6 is 0 Å². The number of fused-ring (bicyclic) bond motifs is 1. The van der Waals surface area contributed by atoms with E-state index >= 15 is 0 Å². The molecule has 0 radical (unpaired) electrons. The van der Waals surface area contributed by atoms with Crippen molar-refractivity contribution in [1.29, 1.82) is 0 Å². The molecule has 0 aliphatic carbocycles. The lowest BCUT2D eigenvalue weighted by Gasteiger charge is -2.30. The van der Waals surface area contributed by atoms with Crippen molar-refractivity contribution < 1.29 is 19.1 Å². The molecule has 2 heterocycles. The molecule has 1 unspecified atom stereocenters. The molecular formula is C23H23FN2O3. The zero-order chi connectivity index (χ0) is 20.4. The summed E-state index contributed by atoms with van der Waals surface area (Å²) < 4.78 is 13.4. The number of hydrogen-bond acceptors (Lipinski definition) is 2. The van der Waals surface area contributed by atoms with Gasteiger partial charge in [-0.1, -0.05) is 18.2 Å². The number of likely N-dealkylation sites (tertiary alicyclic amines) is 1. The van der Waals surface area contributed by atoms with E-state index in [1.54, 1.807) is 17.0 Å². The van der Waals surface area contributed by atoms with Crippen LogP contribution in [0.2, 0.25) is 0 Å². The number of amides is 1. The first-order chi connectivity index (χ1) is 14.0. The summed E-state index contributed by atoms with van der Waals surface area (Å²) >= 11 is 0. The number of hydrogen-bond donors (Lipinski definition) is 2. The van der Waals surface area contributed by atoms with Gasteiger partial charge in [0.05, 0.1) is 5.92 Å².